The average molecular weight is 367 g/mol. The molecule has 27 heavy (non-hydrogen) atoms. The van der Waals surface area contributed by atoms with E-state index in [1.54, 1.807) is 18.2 Å². The van der Waals surface area contributed by atoms with Crippen LogP contribution in [0, 0.1) is 0 Å². The third-order valence-corrected chi connectivity index (χ3v) is 4.13. The van der Waals surface area contributed by atoms with Gasteiger partial charge in [-0.05, 0) is 37.6 Å². The number of hydrogen-bond acceptors (Lipinski definition) is 8. The molecule has 1 aliphatic rings. The number of nitrogens with two attached hydrogens (primary N) is 3. The lowest BCUT2D eigenvalue weighted by Crippen LogP contribution is -2.30. The Morgan fingerprint density at radius 3 is 2.48 bits per heavy atom. The van der Waals surface area contributed by atoms with E-state index in [1.165, 1.54) is 6.07 Å². The van der Waals surface area contributed by atoms with Crippen molar-refractivity contribution in [1.29, 1.82) is 0 Å². The first-order valence-electron chi connectivity index (χ1n) is 8.39. The fourth-order valence-corrected chi connectivity index (χ4v) is 2.83. The van der Waals surface area contributed by atoms with Crippen molar-refractivity contribution in [2.45, 2.75) is 25.8 Å². The molecule has 0 bridgehead atoms. The molecule has 3 aromatic rings. The van der Waals surface area contributed by atoms with Gasteiger partial charge in [-0.15, -0.1) is 10.2 Å². The predicted molar refractivity (Wildman–Crippen MR) is 101 cm³/mol. The number of carbonyl (C=O) groups excluding carboxylic acids is 1. The Kier molecular flexibility index (Phi) is 5.27. The van der Waals surface area contributed by atoms with Crippen LogP contribution in [-0.2, 0) is 6.42 Å². The van der Waals surface area contributed by atoms with E-state index in [2.05, 4.69) is 31.7 Å². The van der Waals surface area contributed by atoms with Crippen LogP contribution >= 0.6 is 0 Å². The second-order valence-corrected chi connectivity index (χ2v) is 6.07. The lowest BCUT2D eigenvalue weighted by molar-refractivity contribution is 0.0949. The smallest absolute Gasteiger partial charge is 0.283 e. The number of aryl methyl sites for hydroxylation is 1. The van der Waals surface area contributed by atoms with Crippen molar-refractivity contribution in [1.82, 2.24) is 30.2 Å². The minimum absolute atomic E-state index is 0.215. The molecule has 10 nitrogen and oxygen atoms in total. The largest absolute Gasteiger partial charge is 0.384 e. The first-order chi connectivity index (χ1) is 13.0. The van der Waals surface area contributed by atoms with Crippen LogP contribution in [0.1, 0.15) is 35.7 Å². The van der Waals surface area contributed by atoms with E-state index in [4.69, 9.17) is 17.3 Å². The summed E-state index contributed by atoms with van der Waals surface area (Å²) in [4.78, 5) is 18.8. The van der Waals surface area contributed by atoms with Gasteiger partial charge < -0.3 is 16.0 Å². The predicted octanol–water partition coefficient (Wildman–Crippen LogP) is 0.697. The zero-order chi connectivity index (χ0) is 19.4. The number of carbonyl (C=O) groups is 1. The summed E-state index contributed by atoms with van der Waals surface area (Å²) >= 11 is 0. The SMILES string of the molecule is C[C@@H]1CCc2nnc(-c3cccc(N)n3)n21.NNC(=O)c1cccc(N)n1. The number of anilines is 2. The number of hydrazine groups is 1. The molecule has 0 fully saturated rings. The molecule has 0 saturated carbocycles. The highest BCUT2D eigenvalue weighted by Crippen LogP contribution is 2.29. The van der Waals surface area contributed by atoms with Gasteiger partial charge in [0.25, 0.3) is 5.91 Å². The minimum Gasteiger partial charge on any atom is -0.384 e. The molecule has 1 aliphatic heterocycles. The van der Waals surface area contributed by atoms with Crippen molar-refractivity contribution < 1.29 is 4.79 Å². The number of nitrogens with zero attached hydrogens (tertiary/aromatic N) is 5. The Hall–Kier alpha value is -3.53. The number of fused-ring (bicyclic) bond motifs is 1. The molecule has 0 unspecified atom stereocenters. The normalized spacial score (nSPS) is 14.8. The Morgan fingerprint density at radius 2 is 1.81 bits per heavy atom. The summed E-state index contributed by atoms with van der Waals surface area (Å²) in [6, 6.07) is 10.8. The molecule has 4 rings (SSSR count). The lowest BCUT2D eigenvalue weighted by atomic mass is 10.2. The van der Waals surface area contributed by atoms with E-state index in [9.17, 15) is 4.79 Å². The van der Waals surface area contributed by atoms with Gasteiger partial charge in [-0.25, -0.2) is 15.8 Å². The third-order valence-electron chi connectivity index (χ3n) is 4.13. The first kappa shape index (κ1) is 18.3. The summed E-state index contributed by atoms with van der Waals surface area (Å²) in [5.41, 5.74) is 14.0. The van der Waals surface area contributed by atoms with Crippen LogP contribution in [-0.4, -0.2) is 30.6 Å². The number of amides is 1. The highest BCUT2D eigenvalue weighted by molar-refractivity contribution is 5.92. The molecular weight excluding hydrogens is 346 g/mol. The molecular formula is C17H21N9O. The second kappa shape index (κ2) is 7.79. The lowest BCUT2D eigenvalue weighted by Gasteiger charge is -2.08. The molecule has 0 spiro atoms. The molecule has 10 heteroatoms. The Labute approximate surface area is 155 Å². The maximum absolute atomic E-state index is 10.8. The maximum Gasteiger partial charge on any atom is 0.283 e. The van der Waals surface area contributed by atoms with E-state index >= 15 is 0 Å². The highest BCUT2D eigenvalue weighted by atomic mass is 16.2. The first-order valence-corrected chi connectivity index (χ1v) is 8.39. The quantitative estimate of drug-likeness (QED) is 0.292. The summed E-state index contributed by atoms with van der Waals surface area (Å²) in [5, 5.41) is 8.38. The molecule has 0 saturated heterocycles. The van der Waals surface area contributed by atoms with Crippen LogP contribution in [0.25, 0.3) is 11.5 Å². The van der Waals surface area contributed by atoms with Crippen molar-refractivity contribution in [2.75, 3.05) is 11.5 Å². The number of nitrogens with one attached hydrogen (secondary N) is 1. The summed E-state index contributed by atoms with van der Waals surface area (Å²) in [5.74, 6) is 7.11. The maximum atomic E-state index is 10.8. The minimum atomic E-state index is -0.447. The Bertz CT molecular complexity index is 953. The number of nitrogen functional groups attached to an aromatic ring is 3. The van der Waals surface area contributed by atoms with Crippen molar-refractivity contribution in [3.05, 3.63) is 47.9 Å². The Morgan fingerprint density at radius 1 is 1.11 bits per heavy atom. The van der Waals surface area contributed by atoms with E-state index in [1.807, 2.05) is 17.6 Å². The van der Waals surface area contributed by atoms with Gasteiger partial charge in [0.2, 0.25) is 0 Å². The summed E-state index contributed by atoms with van der Waals surface area (Å²) in [6.45, 7) is 2.18. The van der Waals surface area contributed by atoms with E-state index in [0.717, 1.165) is 30.2 Å². The molecule has 0 radical (unpaired) electrons. The number of hydrogen-bond donors (Lipinski definition) is 4. The van der Waals surface area contributed by atoms with Gasteiger partial charge in [0, 0.05) is 12.5 Å². The average Bonchev–Trinajstić information content (AvgIpc) is 3.25. The van der Waals surface area contributed by atoms with Crippen molar-refractivity contribution in [3.63, 3.8) is 0 Å². The van der Waals surface area contributed by atoms with Crippen LogP contribution < -0.4 is 22.7 Å². The fraction of sp³-hybridized carbons (Fsp3) is 0.235. The fourth-order valence-electron chi connectivity index (χ4n) is 2.83. The molecule has 7 N–H and O–H groups in total. The second-order valence-electron chi connectivity index (χ2n) is 6.07. The van der Waals surface area contributed by atoms with Crippen LogP contribution in [0.15, 0.2) is 36.4 Å². The van der Waals surface area contributed by atoms with Gasteiger partial charge >= 0.3 is 0 Å². The zero-order valence-electron chi connectivity index (χ0n) is 14.8. The van der Waals surface area contributed by atoms with E-state index in [-0.39, 0.29) is 5.69 Å². The van der Waals surface area contributed by atoms with Gasteiger partial charge in [-0.3, -0.25) is 10.2 Å². The highest BCUT2D eigenvalue weighted by Gasteiger charge is 2.24. The van der Waals surface area contributed by atoms with Crippen molar-refractivity contribution in [3.8, 4) is 11.5 Å². The van der Waals surface area contributed by atoms with E-state index < -0.39 is 5.91 Å². The summed E-state index contributed by atoms with van der Waals surface area (Å²) in [6.07, 6.45) is 2.12. The van der Waals surface area contributed by atoms with Gasteiger partial charge in [-0.1, -0.05) is 12.1 Å². The van der Waals surface area contributed by atoms with Crippen molar-refractivity contribution in [2.24, 2.45) is 5.84 Å². The molecule has 4 heterocycles. The molecule has 0 aromatic carbocycles. The molecule has 1 atom stereocenters. The number of aromatic nitrogens is 5. The van der Waals surface area contributed by atoms with Gasteiger partial charge in [-0.2, -0.15) is 0 Å². The van der Waals surface area contributed by atoms with E-state index in [0.29, 0.717) is 17.7 Å². The van der Waals surface area contributed by atoms with Gasteiger partial charge in [0.1, 0.15) is 28.8 Å². The standard InChI is InChI=1S/C11H13N5.C6H8N4O/c1-7-5-6-10-14-15-11(16(7)10)8-3-2-4-9(12)13-8;7-5-3-1-2-4(9-5)6(11)10-8/h2-4,7H,5-6H2,1H3,(H2,12,13);1-3H,8H2,(H2,7,9)(H,10,11)/t7-;/m1./s1. The molecule has 1 amide bonds. The van der Waals surface area contributed by atoms with Gasteiger partial charge in [0.15, 0.2) is 5.82 Å². The molecule has 140 valence electrons. The Balaban J connectivity index is 0.000000168. The van der Waals surface area contributed by atoms with Crippen LogP contribution in [0.4, 0.5) is 11.6 Å². The van der Waals surface area contributed by atoms with Crippen LogP contribution in [0.2, 0.25) is 0 Å². The van der Waals surface area contributed by atoms with Crippen molar-refractivity contribution >= 4 is 17.5 Å². The summed E-state index contributed by atoms with van der Waals surface area (Å²) < 4.78 is 2.15. The number of pyridine rings is 2. The zero-order valence-corrected chi connectivity index (χ0v) is 14.8. The van der Waals surface area contributed by atoms with Crippen LogP contribution in [0.5, 0.6) is 0 Å². The molecule has 3 aromatic heterocycles. The topological polar surface area (TPSA) is 164 Å². The van der Waals surface area contributed by atoms with Crippen LogP contribution in [0.3, 0.4) is 0 Å². The number of rotatable bonds is 2. The monoisotopic (exact) mass is 367 g/mol. The molecule has 0 aliphatic carbocycles. The third kappa shape index (κ3) is 4.01. The summed E-state index contributed by atoms with van der Waals surface area (Å²) in [7, 11) is 0. The van der Waals surface area contributed by atoms with Gasteiger partial charge in [0.05, 0.1) is 0 Å².